The number of hydrogen-bond acceptors (Lipinski definition) is 7. The molecule has 1 aliphatic heterocycles. The lowest BCUT2D eigenvalue weighted by molar-refractivity contribution is 0.00578. The van der Waals surface area contributed by atoms with E-state index in [9.17, 15) is 4.79 Å². The maximum Gasteiger partial charge on any atom is 0.494 e. The molecule has 0 radical (unpaired) electrons. The fourth-order valence-electron chi connectivity index (χ4n) is 4.80. The number of nitrogens with zero attached hydrogens (tertiary/aromatic N) is 2. The van der Waals surface area contributed by atoms with E-state index < -0.39 is 23.9 Å². The van der Waals surface area contributed by atoms with Crippen LogP contribution in [0.5, 0.6) is 0 Å². The van der Waals surface area contributed by atoms with Gasteiger partial charge >= 0.3 is 13.2 Å². The number of fused-ring (bicyclic) bond motifs is 1. The van der Waals surface area contributed by atoms with E-state index in [2.05, 4.69) is 62.4 Å². The van der Waals surface area contributed by atoms with Crippen molar-refractivity contribution >= 4 is 35.5 Å². The van der Waals surface area contributed by atoms with Crippen LogP contribution in [0.4, 0.5) is 10.7 Å². The van der Waals surface area contributed by atoms with E-state index in [4.69, 9.17) is 19.0 Å². The van der Waals surface area contributed by atoms with E-state index in [-0.39, 0.29) is 18.2 Å². The maximum absolute atomic E-state index is 12.4. The number of anilines is 1. The van der Waals surface area contributed by atoms with Crippen LogP contribution < -0.4 is 16.1 Å². The van der Waals surface area contributed by atoms with Gasteiger partial charge in [-0.05, 0) is 78.8 Å². The van der Waals surface area contributed by atoms with Gasteiger partial charge in [-0.15, -0.1) is 0 Å². The van der Waals surface area contributed by atoms with Gasteiger partial charge in [0.05, 0.1) is 22.8 Å². The van der Waals surface area contributed by atoms with Crippen LogP contribution in [0.1, 0.15) is 86.6 Å². The molecule has 196 valence electrons. The molecule has 2 heterocycles. The highest BCUT2D eigenvalue weighted by atomic mass is 16.7. The molecular weight excluding hydrogens is 455 g/mol. The Bertz CT molecular complexity index is 1100. The molecule has 2 atom stereocenters. The summed E-state index contributed by atoms with van der Waals surface area (Å²) in [5.74, 6) is 0.573. The van der Waals surface area contributed by atoms with Crippen molar-refractivity contribution in [2.75, 3.05) is 5.32 Å². The second kappa shape index (κ2) is 9.82. The lowest BCUT2D eigenvalue weighted by Gasteiger charge is -2.33. The number of aryl methyl sites for hydroxylation is 1. The van der Waals surface area contributed by atoms with E-state index in [0.29, 0.717) is 5.95 Å². The molecule has 2 aliphatic rings. The largest absolute Gasteiger partial charge is 0.494 e. The van der Waals surface area contributed by atoms with Crippen LogP contribution >= 0.6 is 0 Å². The Kier molecular flexibility index (Phi) is 7.28. The Morgan fingerprint density at radius 3 is 2.36 bits per heavy atom. The average Bonchev–Trinajstić information content (AvgIpc) is 3.00. The molecule has 1 aromatic heterocycles. The van der Waals surface area contributed by atoms with Crippen molar-refractivity contribution in [2.45, 2.75) is 116 Å². The minimum absolute atomic E-state index is 0.0377. The van der Waals surface area contributed by atoms with Gasteiger partial charge in [-0.2, -0.15) is 0 Å². The lowest BCUT2D eigenvalue weighted by Crippen LogP contribution is -2.50. The molecule has 0 bridgehead atoms. The van der Waals surface area contributed by atoms with Gasteiger partial charge in [0.1, 0.15) is 5.60 Å². The van der Waals surface area contributed by atoms with Gasteiger partial charge < -0.3 is 24.7 Å². The number of hydrogen-bond donors (Lipinski definition) is 2. The molecule has 4 rings (SSSR count). The summed E-state index contributed by atoms with van der Waals surface area (Å²) in [5, 5.41) is 7.50. The Hall–Kier alpha value is -2.39. The molecule has 8 nitrogen and oxygen atoms in total. The van der Waals surface area contributed by atoms with Crippen molar-refractivity contribution < 1.29 is 18.8 Å². The summed E-state index contributed by atoms with van der Waals surface area (Å²) in [6.45, 7) is 16.0. The van der Waals surface area contributed by atoms with E-state index >= 15 is 0 Å². The summed E-state index contributed by atoms with van der Waals surface area (Å²) < 4.78 is 18.0. The number of rotatable bonds is 5. The topological polar surface area (TPSA) is 94.6 Å². The summed E-state index contributed by atoms with van der Waals surface area (Å²) >= 11 is 0. The quantitative estimate of drug-likeness (QED) is 0.578. The number of benzene rings is 1. The summed E-state index contributed by atoms with van der Waals surface area (Å²) in [6, 6.07) is 4.20. The number of amides is 1. The fraction of sp³-hybridized carbons (Fsp3) is 0.667. The maximum atomic E-state index is 12.4. The number of ether oxygens (including phenoxy) is 1. The normalized spacial score (nSPS) is 23.5. The first-order valence-electron chi connectivity index (χ1n) is 13.2. The third kappa shape index (κ3) is 5.78. The van der Waals surface area contributed by atoms with Crippen LogP contribution in [0.2, 0.25) is 0 Å². The molecule has 36 heavy (non-hydrogen) atoms. The SMILES string of the molecule is CCc1cc(B2OC(C)(C)C(C)(C)O2)cc2cnc(N[C@@H]3CCCC[C@@H]3NC(=O)OC(C)(C)C)nc12. The van der Waals surface area contributed by atoms with Gasteiger partial charge in [-0.3, -0.25) is 0 Å². The molecule has 0 unspecified atom stereocenters. The molecule has 1 saturated heterocycles. The average molecular weight is 496 g/mol. The van der Waals surface area contributed by atoms with Crippen molar-refractivity contribution in [3.63, 3.8) is 0 Å². The highest BCUT2D eigenvalue weighted by Crippen LogP contribution is 2.37. The zero-order valence-corrected chi connectivity index (χ0v) is 23.0. The van der Waals surface area contributed by atoms with Crippen molar-refractivity contribution in [3.05, 3.63) is 23.9 Å². The van der Waals surface area contributed by atoms with Crippen molar-refractivity contribution in [1.29, 1.82) is 0 Å². The molecule has 2 N–H and O–H groups in total. The second-order valence-corrected chi connectivity index (χ2v) is 12.0. The lowest BCUT2D eigenvalue weighted by atomic mass is 9.77. The Labute approximate surface area is 215 Å². The predicted molar refractivity (Wildman–Crippen MR) is 144 cm³/mol. The number of alkyl carbamates (subject to hydrolysis) is 1. The molecular formula is C27H41BN4O4. The third-order valence-corrected chi connectivity index (χ3v) is 7.47. The van der Waals surface area contributed by atoms with Crippen LogP contribution in [0.25, 0.3) is 10.9 Å². The first-order valence-corrected chi connectivity index (χ1v) is 13.2. The molecule has 2 fully saturated rings. The zero-order chi connectivity index (χ0) is 26.3. The standard InChI is InChI=1S/C27H41BN4O4/c1-9-17-14-19(28-35-26(5,6)27(7,8)36-28)15-18-16-29-23(32-22(17)18)30-20-12-10-11-13-21(20)31-24(33)34-25(2,3)4/h14-16,20-21H,9-13H2,1-8H3,(H,31,33)(H,29,30,32)/t20-,21+/m1/s1. The van der Waals surface area contributed by atoms with Gasteiger partial charge in [0.2, 0.25) is 5.95 Å². The summed E-state index contributed by atoms with van der Waals surface area (Å²) in [7, 11) is -0.426. The molecule has 1 saturated carbocycles. The van der Waals surface area contributed by atoms with E-state index in [1.54, 1.807) is 0 Å². The van der Waals surface area contributed by atoms with Crippen LogP contribution in [0.15, 0.2) is 18.3 Å². The highest BCUT2D eigenvalue weighted by Gasteiger charge is 2.51. The van der Waals surface area contributed by atoms with E-state index in [1.807, 2.05) is 27.0 Å². The molecule has 2 aromatic rings. The van der Waals surface area contributed by atoms with Crippen LogP contribution in [-0.4, -0.2) is 52.1 Å². The van der Waals surface area contributed by atoms with Crippen molar-refractivity contribution in [1.82, 2.24) is 15.3 Å². The minimum Gasteiger partial charge on any atom is -0.444 e. The van der Waals surface area contributed by atoms with Crippen LogP contribution in [0.3, 0.4) is 0 Å². The Morgan fingerprint density at radius 1 is 1.11 bits per heavy atom. The van der Waals surface area contributed by atoms with Gasteiger partial charge in [-0.1, -0.05) is 31.9 Å². The van der Waals surface area contributed by atoms with E-state index in [0.717, 1.165) is 54.0 Å². The van der Waals surface area contributed by atoms with Crippen molar-refractivity contribution in [3.8, 4) is 0 Å². The fourth-order valence-corrected chi connectivity index (χ4v) is 4.80. The number of aromatic nitrogens is 2. The molecule has 1 aliphatic carbocycles. The summed E-state index contributed by atoms with van der Waals surface area (Å²) in [4.78, 5) is 21.9. The second-order valence-electron chi connectivity index (χ2n) is 12.0. The molecule has 1 amide bonds. The first-order chi connectivity index (χ1) is 16.8. The number of carbonyl (C=O) groups excluding carboxylic acids is 1. The summed E-state index contributed by atoms with van der Waals surface area (Å²) in [6.07, 6.45) is 6.29. The minimum atomic E-state index is -0.529. The predicted octanol–water partition coefficient (Wildman–Crippen LogP) is 4.74. The zero-order valence-electron chi connectivity index (χ0n) is 23.0. The molecule has 9 heteroatoms. The van der Waals surface area contributed by atoms with Gasteiger partial charge in [0.25, 0.3) is 0 Å². The molecule has 0 spiro atoms. The Morgan fingerprint density at radius 2 is 1.75 bits per heavy atom. The summed E-state index contributed by atoms with van der Waals surface area (Å²) in [5.41, 5.74) is 1.70. The van der Waals surface area contributed by atoms with Crippen molar-refractivity contribution in [2.24, 2.45) is 0 Å². The van der Waals surface area contributed by atoms with Crippen LogP contribution in [-0.2, 0) is 20.5 Å². The number of nitrogens with one attached hydrogen (secondary N) is 2. The molecule has 1 aromatic carbocycles. The first kappa shape index (κ1) is 26.7. The van der Waals surface area contributed by atoms with Gasteiger partial charge in [0.15, 0.2) is 0 Å². The van der Waals surface area contributed by atoms with Crippen LogP contribution in [0, 0.1) is 0 Å². The number of carbonyl (C=O) groups is 1. The monoisotopic (exact) mass is 496 g/mol. The van der Waals surface area contributed by atoms with Gasteiger partial charge in [0, 0.05) is 17.6 Å². The third-order valence-electron chi connectivity index (χ3n) is 7.47. The Balaban J connectivity index is 1.54. The van der Waals surface area contributed by atoms with Gasteiger partial charge in [-0.25, -0.2) is 14.8 Å². The highest BCUT2D eigenvalue weighted by molar-refractivity contribution is 6.62. The smallest absolute Gasteiger partial charge is 0.444 e. The van der Waals surface area contributed by atoms with E-state index in [1.165, 1.54) is 0 Å².